The van der Waals surface area contributed by atoms with Crippen LogP contribution >= 0.6 is 17.2 Å². The van der Waals surface area contributed by atoms with Gasteiger partial charge in [0.2, 0.25) is 0 Å². The summed E-state index contributed by atoms with van der Waals surface area (Å²) in [6.07, 6.45) is 2.62. The summed E-state index contributed by atoms with van der Waals surface area (Å²) >= 11 is 0. The highest BCUT2D eigenvalue weighted by Crippen LogP contribution is 2.76. The number of rotatable bonds is 4. The van der Waals surface area contributed by atoms with E-state index in [0.29, 0.717) is 28.2 Å². The molecule has 0 amide bonds. The van der Waals surface area contributed by atoms with Crippen molar-refractivity contribution in [3.8, 4) is 0 Å². The summed E-state index contributed by atoms with van der Waals surface area (Å²) in [5.41, 5.74) is 0.758. The van der Waals surface area contributed by atoms with Crippen molar-refractivity contribution in [3.63, 3.8) is 0 Å². The van der Waals surface area contributed by atoms with Crippen molar-refractivity contribution < 1.29 is 9.59 Å². The number of carbonyl (C=O) groups excluding carboxylic acids is 2. The van der Waals surface area contributed by atoms with Crippen molar-refractivity contribution in [1.29, 1.82) is 0 Å². The molecule has 3 rings (SSSR count). The van der Waals surface area contributed by atoms with Crippen LogP contribution in [0.2, 0.25) is 0 Å². The summed E-state index contributed by atoms with van der Waals surface area (Å²) in [6.45, 7) is 3.89. The van der Waals surface area contributed by atoms with E-state index in [1.54, 1.807) is 0 Å². The first-order valence-electron chi connectivity index (χ1n) is 4.53. The van der Waals surface area contributed by atoms with E-state index in [4.69, 9.17) is 0 Å². The molecule has 2 nitrogen and oxygen atoms in total. The first-order chi connectivity index (χ1) is 6.08. The molecule has 4 heteroatoms. The highest BCUT2D eigenvalue weighted by Gasteiger charge is 2.73. The van der Waals surface area contributed by atoms with E-state index in [-0.39, 0.29) is 10.8 Å². The molecule has 3 fully saturated rings. The van der Waals surface area contributed by atoms with Crippen LogP contribution in [-0.2, 0) is 9.59 Å². The van der Waals surface area contributed by atoms with Gasteiger partial charge in [0.15, 0.2) is 11.0 Å². The van der Waals surface area contributed by atoms with Crippen LogP contribution in [0, 0.1) is 10.8 Å². The van der Waals surface area contributed by atoms with Gasteiger partial charge >= 0.3 is 0 Å². The van der Waals surface area contributed by atoms with Crippen molar-refractivity contribution in [2.75, 3.05) is 13.3 Å². The molecule has 0 aromatic rings. The van der Waals surface area contributed by atoms with Gasteiger partial charge in [-0.05, 0) is 32.6 Å². The Morgan fingerprint density at radius 3 is 1.46 bits per heavy atom. The zero-order chi connectivity index (χ0) is 9.69. The molecule has 0 aromatic heterocycles. The van der Waals surface area contributed by atoms with E-state index in [0.717, 1.165) is 19.3 Å². The third-order valence-corrected chi connectivity index (χ3v) is 5.42. The van der Waals surface area contributed by atoms with Crippen LogP contribution in [0.4, 0.5) is 0 Å². The SMILES string of the molecule is CPC(=O)C12CC(C(=O)PC)(C1)C2. The van der Waals surface area contributed by atoms with Crippen molar-refractivity contribution in [2.45, 2.75) is 19.3 Å². The Labute approximate surface area is 81.8 Å². The zero-order valence-corrected chi connectivity index (χ0v) is 9.94. The Balaban J connectivity index is 2.00. The lowest BCUT2D eigenvalue weighted by atomic mass is 9.36. The molecule has 0 radical (unpaired) electrons. The van der Waals surface area contributed by atoms with E-state index in [9.17, 15) is 9.59 Å². The lowest BCUT2D eigenvalue weighted by Crippen LogP contribution is -2.67. The molecule has 3 aliphatic rings. The fraction of sp³-hybridized carbons (Fsp3) is 0.778. The molecule has 0 saturated heterocycles. The van der Waals surface area contributed by atoms with Crippen molar-refractivity contribution in [2.24, 2.45) is 10.8 Å². The van der Waals surface area contributed by atoms with Crippen LogP contribution in [0.3, 0.4) is 0 Å². The van der Waals surface area contributed by atoms with Gasteiger partial charge in [-0.2, -0.15) is 0 Å². The molecule has 3 saturated carbocycles. The average molecular weight is 216 g/mol. The molecule has 72 valence electrons. The Morgan fingerprint density at radius 2 is 1.23 bits per heavy atom. The average Bonchev–Trinajstić information content (AvgIpc) is 1.98. The second kappa shape index (κ2) is 2.84. The molecule has 2 bridgehead atoms. The number of carbonyl (C=O) groups is 2. The van der Waals surface area contributed by atoms with Crippen LogP contribution < -0.4 is 0 Å². The van der Waals surface area contributed by atoms with E-state index in [2.05, 4.69) is 0 Å². The van der Waals surface area contributed by atoms with E-state index in [1.807, 2.05) is 13.3 Å². The first kappa shape index (κ1) is 9.74. The van der Waals surface area contributed by atoms with Crippen molar-refractivity contribution in [1.82, 2.24) is 0 Å². The second-order valence-electron chi connectivity index (χ2n) is 4.25. The van der Waals surface area contributed by atoms with Crippen molar-refractivity contribution in [3.05, 3.63) is 0 Å². The van der Waals surface area contributed by atoms with Crippen LogP contribution in [0.1, 0.15) is 19.3 Å². The van der Waals surface area contributed by atoms with Crippen LogP contribution in [0.15, 0.2) is 0 Å². The highest BCUT2D eigenvalue weighted by atomic mass is 31.1. The van der Waals surface area contributed by atoms with Gasteiger partial charge < -0.3 is 0 Å². The maximum absolute atomic E-state index is 11.5. The van der Waals surface area contributed by atoms with E-state index < -0.39 is 0 Å². The summed E-state index contributed by atoms with van der Waals surface area (Å²) in [5, 5.41) is 0. The predicted molar refractivity (Wildman–Crippen MR) is 57.2 cm³/mol. The highest BCUT2D eigenvalue weighted by molar-refractivity contribution is 7.58. The molecule has 0 spiro atoms. The van der Waals surface area contributed by atoms with Gasteiger partial charge in [0.05, 0.1) is 0 Å². The monoisotopic (exact) mass is 216 g/mol. The molecule has 2 atom stereocenters. The van der Waals surface area contributed by atoms with Gasteiger partial charge in [-0.3, -0.25) is 9.59 Å². The standard InChI is InChI=1S/C9H14O2P2/c1-12-6(10)8-3-9(4-8,5-8)7(11)13-2/h12-13H,3-5H2,1-2H3. The smallest absolute Gasteiger partial charge is 0.157 e. The quantitative estimate of drug-likeness (QED) is 0.672. The van der Waals surface area contributed by atoms with Gasteiger partial charge in [-0.25, -0.2) is 0 Å². The molecule has 3 aliphatic carbocycles. The minimum Gasteiger partial charge on any atom is -0.294 e. The van der Waals surface area contributed by atoms with Gasteiger partial charge in [0, 0.05) is 10.8 Å². The molecule has 0 N–H and O–H groups in total. The molecule has 0 aliphatic heterocycles. The first-order valence-corrected chi connectivity index (χ1v) is 7.53. The summed E-state index contributed by atoms with van der Waals surface area (Å²) in [6, 6.07) is 0. The maximum atomic E-state index is 11.5. The van der Waals surface area contributed by atoms with Gasteiger partial charge in [0.1, 0.15) is 0 Å². The number of hydrogen-bond donors (Lipinski definition) is 0. The largest absolute Gasteiger partial charge is 0.294 e. The summed E-state index contributed by atoms with van der Waals surface area (Å²) in [7, 11) is 0.823. The predicted octanol–water partition coefficient (Wildman–Crippen LogP) is 1.83. The topological polar surface area (TPSA) is 34.1 Å². The Hall–Kier alpha value is 0.200. The Kier molecular flexibility index (Phi) is 2.13. The second-order valence-corrected chi connectivity index (χ2v) is 6.16. The summed E-state index contributed by atoms with van der Waals surface area (Å²) in [5.74, 6) is 0. The van der Waals surface area contributed by atoms with Crippen LogP contribution in [0.5, 0.6) is 0 Å². The van der Waals surface area contributed by atoms with Crippen molar-refractivity contribution >= 4 is 28.2 Å². The van der Waals surface area contributed by atoms with Gasteiger partial charge in [0.25, 0.3) is 0 Å². The van der Waals surface area contributed by atoms with E-state index in [1.165, 1.54) is 0 Å². The molecule has 0 aromatic carbocycles. The zero-order valence-electron chi connectivity index (χ0n) is 7.94. The van der Waals surface area contributed by atoms with Crippen LogP contribution in [0.25, 0.3) is 0 Å². The Morgan fingerprint density at radius 1 is 0.923 bits per heavy atom. The normalized spacial score (nSPS) is 42.3. The Bertz CT molecular complexity index is 240. The van der Waals surface area contributed by atoms with Crippen LogP contribution in [-0.4, -0.2) is 24.4 Å². The fourth-order valence-electron chi connectivity index (χ4n) is 2.80. The third kappa shape index (κ3) is 1.09. The van der Waals surface area contributed by atoms with Gasteiger partial charge in [-0.1, -0.05) is 17.2 Å². The van der Waals surface area contributed by atoms with Gasteiger partial charge in [-0.15, -0.1) is 0 Å². The molecular formula is C9H14O2P2. The summed E-state index contributed by atoms with van der Waals surface area (Å²) in [4.78, 5) is 23.0. The summed E-state index contributed by atoms with van der Waals surface area (Å²) < 4.78 is 0. The minimum atomic E-state index is -0.0253. The van der Waals surface area contributed by atoms with E-state index >= 15 is 0 Å². The molecule has 2 unspecified atom stereocenters. The molecule has 0 heterocycles. The fourth-order valence-corrected chi connectivity index (χ4v) is 4.39. The molecular weight excluding hydrogens is 202 g/mol. The maximum Gasteiger partial charge on any atom is 0.157 e. The lowest BCUT2D eigenvalue weighted by Gasteiger charge is -2.68. The lowest BCUT2D eigenvalue weighted by molar-refractivity contribution is -0.193. The minimum absolute atomic E-state index is 0.0253. The molecule has 13 heavy (non-hydrogen) atoms. The third-order valence-electron chi connectivity index (χ3n) is 3.45. The number of hydrogen-bond acceptors (Lipinski definition) is 2.